The van der Waals surface area contributed by atoms with Gasteiger partial charge < -0.3 is 15.5 Å². The smallest absolute Gasteiger partial charge is 0.357 e. The first-order chi connectivity index (χ1) is 13.9. The highest BCUT2D eigenvalue weighted by atomic mass is 127. The normalized spacial score (nSPS) is 20.2. The van der Waals surface area contributed by atoms with Gasteiger partial charge in [0.05, 0.1) is 12.1 Å². The maximum Gasteiger partial charge on any atom is 0.416 e. The molecular formula is C21H30F3IN4O. The van der Waals surface area contributed by atoms with Gasteiger partial charge in [-0.25, -0.2) is 4.99 Å². The summed E-state index contributed by atoms with van der Waals surface area (Å²) in [6.45, 7) is 4.11. The van der Waals surface area contributed by atoms with E-state index in [9.17, 15) is 18.0 Å². The number of guanidine groups is 1. The van der Waals surface area contributed by atoms with Crippen molar-refractivity contribution in [1.29, 1.82) is 0 Å². The van der Waals surface area contributed by atoms with Crippen LogP contribution in [0.15, 0.2) is 29.3 Å². The third-order valence-corrected chi connectivity index (χ3v) is 5.56. The van der Waals surface area contributed by atoms with Crippen LogP contribution in [0.2, 0.25) is 0 Å². The Kier molecular flexibility index (Phi) is 9.24. The van der Waals surface area contributed by atoms with E-state index in [-0.39, 0.29) is 48.4 Å². The highest BCUT2D eigenvalue weighted by Crippen LogP contribution is 2.30. The lowest BCUT2D eigenvalue weighted by atomic mass is 10.1. The molecule has 168 valence electrons. The summed E-state index contributed by atoms with van der Waals surface area (Å²) in [6, 6.07) is 5.33. The van der Waals surface area contributed by atoms with Crippen LogP contribution in [-0.2, 0) is 17.5 Å². The van der Waals surface area contributed by atoms with Gasteiger partial charge in [-0.3, -0.25) is 4.79 Å². The lowest BCUT2D eigenvalue weighted by Crippen LogP contribution is -2.45. The van der Waals surface area contributed by atoms with E-state index in [0.29, 0.717) is 24.6 Å². The fourth-order valence-corrected chi connectivity index (χ4v) is 4.04. The molecule has 5 nitrogen and oxygen atoms in total. The minimum atomic E-state index is -4.36. The Balaban J connectivity index is 0.00000320. The molecule has 1 atom stereocenters. The van der Waals surface area contributed by atoms with Crippen molar-refractivity contribution >= 4 is 35.8 Å². The molecule has 0 spiro atoms. The van der Waals surface area contributed by atoms with Gasteiger partial charge in [0.15, 0.2) is 5.96 Å². The summed E-state index contributed by atoms with van der Waals surface area (Å²) in [7, 11) is 0. The van der Waals surface area contributed by atoms with Gasteiger partial charge >= 0.3 is 6.18 Å². The molecule has 0 bridgehead atoms. The molecule has 1 heterocycles. The summed E-state index contributed by atoms with van der Waals surface area (Å²) >= 11 is 0. The molecule has 1 aliphatic heterocycles. The number of aliphatic imine (C=N–C) groups is 1. The van der Waals surface area contributed by atoms with E-state index < -0.39 is 11.7 Å². The number of hydrogen-bond acceptors (Lipinski definition) is 2. The fraction of sp³-hybridized carbons (Fsp3) is 0.619. The largest absolute Gasteiger partial charge is 0.416 e. The highest BCUT2D eigenvalue weighted by molar-refractivity contribution is 14.0. The van der Waals surface area contributed by atoms with Crippen LogP contribution in [0.1, 0.15) is 50.2 Å². The third kappa shape index (κ3) is 6.75. The van der Waals surface area contributed by atoms with Crippen LogP contribution in [0, 0.1) is 5.92 Å². The second kappa shape index (κ2) is 11.2. The number of likely N-dealkylation sites (tertiary alicyclic amines) is 1. The maximum atomic E-state index is 12.9. The van der Waals surface area contributed by atoms with Gasteiger partial charge in [0.25, 0.3) is 0 Å². The molecular weight excluding hydrogens is 508 g/mol. The van der Waals surface area contributed by atoms with Crippen molar-refractivity contribution in [3.05, 3.63) is 35.4 Å². The van der Waals surface area contributed by atoms with Crippen LogP contribution < -0.4 is 10.6 Å². The van der Waals surface area contributed by atoms with Gasteiger partial charge in [-0.1, -0.05) is 25.0 Å². The lowest BCUT2D eigenvalue weighted by Gasteiger charge is -2.21. The highest BCUT2D eigenvalue weighted by Gasteiger charge is 2.32. The Labute approximate surface area is 192 Å². The fourth-order valence-electron chi connectivity index (χ4n) is 4.04. The average Bonchev–Trinajstić information content (AvgIpc) is 3.37. The predicted octanol–water partition coefficient (Wildman–Crippen LogP) is 4.17. The van der Waals surface area contributed by atoms with Crippen molar-refractivity contribution in [2.24, 2.45) is 10.9 Å². The molecule has 2 N–H and O–H groups in total. The van der Waals surface area contributed by atoms with E-state index in [1.54, 1.807) is 6.07 Å². The number of benzene rings is 1. The molecule has 1 aromatic rings. The number of carbonyl (C=O) groups is 1. The van der Waals surface area contributed by atoms with Crippen LogP contribution in [0.4, 0.5) is 13.2 Å². The Hall–Kier alpha value is -1.52. The summed E-state index contributed by atoms with van der Waals surface area (Å²) in [5.74, 6) is 0.999. The zero-order chi connectivity index (χ0) is 20.9. The van der Waals surface area contributed by atoms with Gasteiger partial charge in [0.1, 0.15) is 0 Å². The van der Waals surface area contributed by atoms with E-state index in [0.717, 1.165) is 50.8 Å². The molecule has 3 rings (SSSR count). The molecule has 9 heteroatoms. The number of rotatable bonds is 5. The first-order valence-electron chi connectivity index (χ1n) is 10.4. The number of hydrogen-bond donors (Lipinski definition) is 2. The molecule has 0 aromatic heterocycles. The molecule has 1 aromatic carbocycles. The predicted molar refractivity (Wildman–Crippen MR) is 122 cm³/mol. The molecule has 2 fully saturated rings. The number of nitrogens with one attached hydrogen (secondary N) is 2. The number of nitrogens with zero attached hydrogens (tertiary/aromatic N) is 2. The monoisotopic (exact) mass is 538 g/mol. The second-order valence-corrected chi connectivity index (χ2v) is 7.79. The number of carbonyl (C=O) groups excluding carboxylic acids is 1. The molecule has 0 radical (unpaired) electrons. The van der Waals surface area contributed by atoms with Crippen molar-refractivity contribution in [3.63, 3.8) is 0 Å². The van der Waals surface area contributed by atoms with E-state index in [1.807, 2.05) is 11.8 Å². The van der Waals surface area contributed by atoms with Gasteiger partial charge in [-0.15, -0.1) is 24.0 Å². The summed E-state index contributed by atoms with van der Waals surface area (Å²) in [5.41, 5.74) is -0.165. The van der Waals surface area contributed by atoms with Crippen LogP contribution in [0.3, 0.4) is 0 Å². The Morgan fingerprint density at radius 1 is 1.23 bits per heavy atom. The topological polar surface area (TPSA) is 56.7 Å². The summed E-state index contributed by atoms with van der Waals surface area (Å²) in [4.78, 5) is 19.0. The van der Waals surface area contributed by atoms with Crippen LogP contribution in [0.5, 0.6) is 0 Å². The maximum absolute atomic E-state index is 12.9. The Morgan fingerprint density at radius 3 is 2.63 bits per heavy atom. The van der Waals surface area contributed by atoms with E-state index >= 15 is 0 Å². The number of alkyl halides is 3. The average molecular weight is 538 g/mol. The Morgan fingerprint density at radius 2 is 1.97 bits per heavy atom. The van der Waals surface area contributed by atoms with E-state index in [4.69, 9.17) is 0 Å². The standard InChI is InChI=1S/C21H29F3N4O.HI/c1-2-25-20(26-13-15-6-5-9-17(12-15)21(22,23)24)27-18-10-11-28(14-18)19(29)16-7-3-4-8-16;/h5-6,9,12,16,18H,2-4,7-8,10-11,13-14H2,1H3,(H2,25,26,27);1H. The molecule has 2 aliphatic rings. The molecule has 1 saturated carbocycles. The minimum Gasteiger partial charge on any atom is -0.357 e. The van der Waals surface area contributed by atoms with E-state index in [1.165, 1.54) is 6.07 Å². The molecule has 1 saturated heterocycles. The summed E-state index contributed by atoms with van der Waals surface area (Å²) in [6.07, 6.45) is 0.745. The van der Waals surface area contributed by atoms with Gasteiger partial charge in [0, 0.05) is 31.6 Å². The van der Waals surface area contributed by atoms with Crippen molar-refractivity contribution in [2.75, 3.05) is 19.6 Å². The minimum absolute atomic E-state index is 0. The van der Waals surface area contributed by atoms with Gasteiger partial charge in [-0.2, -0.15) is 13.2 Å². The van der Waals surface area contributed by atoms with Crippen LogP contribution >= 0.6 is 24.0 Å². The first kappa shape index (κ1) is 24.7. The van der Waals surface area contributed by atoms with Gasteiger partial charge in [-0.05, 0) is 43.9 Å². The number of halogens is 4. The van der Waals surface area contributed by atoms with Crippen LogP contribution in [0.25, 0.3) is 0 Å². The van der Waals surface area contributed by atoms with Crippen molar-refractivity contribution in [1.82, 2.24) is 15.5 Å². The zero-order valence-electron chi connectivity index (χ0n) is 17.2. The summed E-state index contributed by atoms with van der Waals surface area (Å²) < 4.78 is 38.6. The molecule has 1 aliphatic carbocycles. The van der Waals surface area contributed by atoms with Crippen LogP contribution in [-0.4, -0.2) is 42.4 Å². The Bertz CT molecular complexity index is 735. The SMILES string of the molecule is CCNC(=NCc1cccc(C(F)(F)F)c1)NC1CCN(C(=O)C2CCCC2)C1.I. The first-order valence-corrected chi connectivity index (χ1v) is 10.4. The quantitative estimate of drug-likeness (QED) is 0.336. The van der Waals surface area contributed by atoms with Crippen molar-refractivity contribution in [2.45, 2.75) is 57.8 Å². The molecule has 1 amide bonds. The lowest BCUT2D eigenvalue weighted by molar-refractivity contribution is -0.137. The molecule has 30 heavy (non-hydrogen) atoms. The van der Waals surface area contributed by atoms with E-state index in [2.05, 4.69) is 15.6 Å². The second-order valence-electron chi connectivity index (χ2n) is 7.79. The molecule has 1 unspecified atom stereocenters. The third-order valence-electron chi connectivity index (χ3n) is 5.56. The van der Waals surface area contributed by atoms with Gasteiger partial charge in [0.2, 0.25) is 5.91 Å². The van der Waals surface area contributed by atoms with Crippen molar-refractivity contribution < 1.29 is 18.0 Å². The number of amides is 1. The summed E-state index contributed by atoms with van der Waals surface area (Å²) in [5, 5.41) is 6.47. The zero-order valence-corrected chi connectivity index (χ0v) is 19.5. The van der Waals surface area contributed by atoms with Crippen molar-refractivity contribution in [3.8, 4) is 0 Å².